The van der Waals surface area contributed by atoms with Gasteiger partial charge in [0.2, 0.25) is 16.0 Å². The van der Waals surface area contributed by atoms with E-state index in [2.05, 4.69) is 20.1 Å². The minimum atomic E-state index is -3.48. The van der Waals surface area contributed by atoms with Gasteiger partial charge in [-0.1, -0.05) is 24.4 Å². The molecule has 0 bridgehead atoms. The highest BCUT2D eigenvalue weighted by atomic mass is 35.5. The Morgan fingerprint density at radius 2 is 1.58 bits per heavy atom. The molecule has 3 saturated heterocycles. The lowest BCUT2D eigenvalue weighted by molar-refractivity contribution is 0.112. The maximum absolute atomic E-state index is 13.0. The van der Waals surface area contributed by atoms with Gasteiger partial charge < -0.3 is 10.2 Å². The molecule has 1 N–H and O–H groups in total. The van der Waals surface area contributed by atoms with Crippen molar-refractivity contribution in [3.63, 3.8) is 0 Å². The van der Waals surface area contributed by atoms with Gasteiger partial charge in [0, 0.05) is 56.0 Å². The summed E-state index contributed by atoms with van der Waals surface area (Å²) >= 11 is 5.94. The van der Waals surface area contributed by atoms with Crippen molar-refractivity contribution in [2.24, 2.45) is 0 Å². The van der Waals surface area contributed by atoms with E-state index < -0.39 is 10.0 Å². The van der Waals surface area contributed by atoms with Crippen molar-refractivity contribution in [2.75, 3.05) is 49.5 Å². The van der Waals surface area contributed by atoms with E-state index in [1.165, 1.54) is 25.7 Å². The zero-order valence-electron chi connectivity index (χ0n) is 20.9. The Morgan fingerprint density at radius 1 is 0.861 bits per heavy atom. The molecule has 5 rings (SSSR count). The van der Waals surface area contributed by atoms with Crippen molar-refractivity contribution >= 4 is 33.4 Å². The summed E-state index contributed by atoms with van der Waals surface area (Å²) in [7, 11) is -3.48. The van der Waals surface area contributed by atoms with Gasteiger partial charge >= 0.3 is 0 Å². The third-order valence-corrected chi connectivity index (χ3v) is 9.91. The van der Waals surface area contributed by atoms with Crippen molar-refractivity contribution in [3.8, 4) is 0 Å². The molecule has 4 heterocycles. The third-order valence-electron chi connectivity index (χ3n) is 7.75. The van der Waals surface area contributed by atoms with E-state index in [4.69, 9.17) is 16.6 Å². The number of likely N-dealkylation sites (tertiary alicyclic amines) is 1. The second-order valence-corrected chi connectivity index (χ2v) is 12.6. The lowest BCUT2D eigenvalue weighted by Crippen LogP contribution is -2.51. The average Bonchev–Trinajstić information content (AvgIpc) is 3.19. The first-order valence-corrected chi connectivity index (χ1v) is 15.2. The molecule has 10 heteroatoms. The Balaban J connectivity index is 1.16. The first kappa shape index (κ1) is 25.7. The fourth-order valence-electron chi connectivity index (χ4n) is 5.74. The molecule has 0 amide bonds. The predicted octanol–water partition coefficient (Wildman–Crippen LogP) is 4.24. The Labute approximate surface area is 220 Å². The number of sulfonamides is 1. The van der Waals surface area contributed by atoms with Gasteiger partial charge in [-0.05, 0) is 75.4 Å². The van der Waals surface area contributed by atoms with E-state index in [-0.39, 0.29) is 0 Å². The lowest BCUT2D eigenvalue weighted by Gasteiger charge is -2.42. The molecule has 2 aromatic rings. The number of nitrogens with one attached hydrogen (secondary N) is 1. The van der Waals surface area contributed by atoms with Crippen LogP contribution in [0.15, 0.2) is 41.4 Å². The molecule has 36 heavy (non-hydrogen) atoms. The van der Waals surface area contributed by atoms with E-state index >= 15 is 0 Å². The first-order chi connectivity index (χ1) is 17.5. The predicted molar refractivity (Wildman–Crippen MR) is 144 cm³/mol. The fourth-order valence-corrected chi connectivity index (χ4v) is 7.33. The maximum atomic E-state index is 13.0. The second-order valence-electron chi connectivity index (χ2n) is 10.2. The number of rotatable bonds is 6. The standard InChI is InChI=1S/C26H37ClN6O2S/c27-21-7-9-24(10-8-21)36(34,35)33-18-12-23(13-19-33)32-17-5-6-22(20-32)29-26-28-14-11-25(30-26)31-15-3-1-2-4-16-31/h7-11,14,22-23H,1-6,12-13,15-20H2,(H,28,29,30). The van der Waals surface area contributed by atoms with Crippen LogP contribution in [0.5, 0.6) is 0 Å². The van der Waals surface area contributed by atoms with Crippen LogP contribution >= 0.6 is 11.6 Å². The van der Waals surface area contributed by atoms with Gasteiger partial charge in [0.05, 0.1) is 4.90 Å². The molecule has 3 fully saturated rings. The summed E-state index contributed by atoms with van der Waals surface area (Å²) < 4.78 is 27.7. The van der Waals surface area contributed by atoms with Gasteiger partial charge in [-0.25, -0.2) is 13.4 Å². The van der Waals surface area contributed by atoms with Gasteiger partial charge in [0.1, 0.15) is 5.82 Å². The Hall–Kier alpha value is -1.94. The van der Waals surface area contributed by atoms with Gasteiger partial charge in [-0.15, -0.1) is 0 Å². The minimum Gasteiger partial charge on any atom is -0.356 e. The van der Waals surface area contributed by atoms with Gasteiger partial charge in [-0.2, -0.15) is 9.29 Å². The summed E-state index contributed by atoms with van der Waals surface area (Å²) in [6.07, 6.45) is 10.8. The molecule has 1 aromatic heterocycles. The second kappa shape index (κ2) is 11.6. The van der Waals surface area contributed by atoms with Crippen LogP contribution in [-0.4, -0.2) is 78.9 Å². The van der Waals surface area contributed by atoms with Crippen LogP contribution < -0.4 is 10.2 Å². The lowest BCUT2D eigenvalue weighted by atomic mass is 9.99. The number of nitrogens with zero attached hydrogens (tertiary/aromatic N) is 5. The molecule has 0 saturated carbocycles. The molecular formula is C26H37ClN6O2S. The Kier molecular flexibility index (Phi) is 8.30. The summed E-state index contributed by atoms with van der Waals surface area (Å²) in [5.74, 6) is 1.74. The van der Waals surface area contributed by atoms with Crippen LogP contribution in [-0.2, 0) is 10.0 Å². The molecule has 1 unspecified atom stereocenters. The van der Waals surface area contributed by atoms with Gasteiger partial charge in [0.15, 0.2) is 0 Å². The zero-order valence-corrected chi connectivity index (χ0v) is 22.4. The summed E-state index contributed by atoms with van der Waals surface area (Å²) in [5.41, 5.74) is 0. The van der Waals surface area contributed by atoms with Crippen molar-refractivity contribution in [3.05, 3.63) is 41.6 Å². The van der Waals surface area contributed by atoms with Crippen LogP contribution in [0.1, 0.15) is 51.4 Å². The fraction of sp³-hybridized carbons (Fsp3) is 0.615. The Morgan fingerprint density at radius 3 is 2.31 bits per heavy atom. The van der Waals surface area contributed by atoms with E-state index in [1.54, 1.807) is 28.6 Å². The zero-order chi connectivity index (χ0) is 25.0. The van der Waals surface area contributed by atoms with Crippen molar-refractivity contribution in [2.45, 2.75) is 68.3 Å². The molecule has 0 spiro atoms. The largest absolute Gasteiger partial charge is 0.356 e. The number of benzene rings is 1. The molecule has 1 aromatic carbocycles. The molecule has 3 aliphatic heterocycles. The molecule has 196 valence electrons. The molecule has 0 radical (unpaired) electrons. The molecule has 0 aliphatic carbocycles. The number of hydrogen-bond acceptors (Lipinski definition) is 7. The smallest absolute Gasteiger partial charge is 0.243 e. The number of hydrogen-bond donors (Lipinski definition) is 1. The first-order valence-electron chi connectivity index (χ1n) is 13.3. The van der Waals surface area contributed by atoms with Crippen molar-refractivity contribution in [1.82, 2.24) is 19.2 Å². The number of aromatic nitrogens is 2. The van der Waals surface area contributed by atoms with E-state index in [0.717, 1.165) is 57.7 Å². The minimum absolute atomic E-state index is 0.300. The monoisotopic (exact) mass is 532 g/mol. The highest BCUT2D eigenvalue weighted by molar-refractivity contribution is 7.89. The van der Waals surface area contributed by atoms with Crippen molar-refractivity contribution in [1.29, 1.82) is 0 Å². The Bertz CT molecular complexity index is 1100. The van der Waals surface area contributed by atoms with E-state index in [0.29, 0.717) is 41.0 Å². The molecular weight excluding hydrogens is 496 g/mol. The normalized spacial score (nSPS) is 23.4. The highest BCUT2D eigenvalue weighted by Crippen LogP contribution is 2.27. The molecule has 3 aliphatic rings. The van der Waals surface area contributed by atoms with Gasteiger partial charge in [0.25, 0.3) is 0 Å². The SMILES string of the molecule is O=S(=O)(c1ccc(Cl)cc1)N1CCC(N2CCCC(Nc3nccc(N4CCCCCC4)n3)C2)CC1. The number of piperidine rings is 2. The van der Waals surface area contributed by atoms with Crippen LogP contribution in [0.4, 0.5) is 11.8 Å². The molecule has 1 atom stereocenters. The highest BCUT2D eigenvalue weighted by Gasteiger charge is 2.33. The summed E-state index contributed by atoms with van der Waals surface area (Å²) in [4.78, 5) is 14.6. The van der Waals surface area contributed by atoms with Crippen LogP contribution in [0.25, 0.3) is 0 Å². The van der Waals surface area contributed by atoms with Gasteiger partial charge in [-0.3, -0.25) is 4.90 Å². The van der Waals surface area contributed by atoms with Crippen LogP contribution in [0.3, 0.4) is 0 Å². The summed E-state index contributed by atoms with van der Waals surface area (Å²) in [5, 5.41) is 4.14. The molecule has 8 nitrogen and oxygen atoms in total. The van der Waals surface area contributed by atoms with Crippen LogP contribution in [0.2, 0.25) is 5.02 Å². The third kappa shape index (κ3) is 6.13. The quantitative estimate of drug-likeness (QED) is 0.596. The number of halogens is 1. The average molecular weight is 533 g/mol. The van der Waals surface area contributed by atoms with E-state index in [1.807, 2.05) is 12.3 Å². The maximum Gasteiger partial charge on any atom is 0.243 e. The summed E-state index contributed by atoms with van der Waals surface area (Å²) in [6.45, 7) is 5.23. The number of anilines is 2. The van der Waals surface area contributed by atoms with E-state index in [9.17, 15) is 8.42 Å². The summed E-state index contributed by atoms with van der Waals surface area (Å²) in [6, 6.07) is 9.17. The topological polar surface area (TPSA) is 81.7 Å². The van der Waals surface area contributed by atoms with Crippen LogP contribution in [0, 0.1) is 0 Å². The van der Waals surface area contributed by atoms with Crippen molar-refractivity contribution < 1.29 is 8.42 Å².